The van der Waals surface area contributed by atoms with Crippen LogP contribution in [-0.2, 0) is 4.79 Å². The topological polar surface area (TPSA) is 79.4 Å². The molecule has 0 spiro atoms. The first-order valence-corrected chi connectivity index (χ1v) is 11.4. The average Bonchev–Trinajstić information content (AvgIpc) is 2.86. The van der Waals surface area contributed by atoms with Gasteiger partial charge in [-0.3, -0.25) is 4.79 Å². The summed E-state index contributed by atoms with van der Waals surface area (Å²) >= 11 is 11.8. The van der Waals surface area contributed by atoms with Crippen molar-refractivity contribution in [1.29, 1.82) is 0 Å². The third kappa shape index (κ3) is 4.26. The predicted octanol–water partition coefficient (Wildman–Crippen LogP) is 5.57. The first kappa shape index (κ1) is 24.4. The van der Waals surface area contributed by atoms with Crippen molar-refractivity contribution in [3.8, 4) is 5.75 Å². The van der Waals surface area contributed by atoms with Gasteiger partial charge in [-0.1, -0.05) is 29.3 Å². The molecule has 36 heavy (non-hydrogen) atoms. The zero-order valence-electron chi connectivity index (χ0n) is 18.5. The van der Waals surface area contributed by atoms with Crippen molar-refractivity contribution in [2.24, 2.45) is 5.92 Å². The summed E-state index contributed by atoms with van der Waals surface area (Å²) in [4.78, 5) is 20.9. The van der Waals surface area contributed by atoms with E-state index in [4.69, 9.17) is 27.9 Å². The van der Waals surface area contributed by atoms with E-state index in [-0.39, 0.29) is 46.6 Å². The fourth-order valence-electron chi connectivity index (χ4n) is 4.40. The van der Waals surface area contributed by atoms with Gasteiger partial charge in [-0.2, -0.15) is 13.2 Å². The Morgan fingerprint density at radius 1 is 1.19 bits per heavy atom. The molecule has 0 unspecified atom stereocenters. The van der Waals surface area contributed by atoms with Crippen molar-refractivity contribution in [2.45, 2.75) is 12.2 Å². The van der Waals surface area contributed by atoms with Gasteiger partial charge in [0, 0.05) is 30.5 Å². The van der Waals surface area contributed by atoms with Crippen molar-refractivity contribution >= 4 is 57.2 Å². The molecular weight excluding hydrogens is 525 g/mol. The largest absolute Gasteiger partial charge is 0.495 e. The van der Waals surface area contributed by atoms with Crippen LogP contribution >= 0.6 is 23.2 Å². The normalized spacial score (nSPS) is 19.0. The van der Waals surface area contributed by atoms with E-state index in [1.807, 2.05) is 6.08 Å². The van der Waals surface area contributed by atoms with Crippen molar-refractivity contribution in [1.82, 2.24) is 14.9 Å². The highest BCUT2D eigenvalue weighted by molar-refractivity contribution is 6.42. The SMILES string of the molecule is COc1cc2ncnc(Nc3ccc(Cl)c(Cl)c3F)c2cc1N[C@H]1C2=C[C@@H]1CN(C(=O)C(F)(F)F)C2. The molecule has 2 aromatic carbocycles. The molecule has 7 nitrogen and oxygen atoms in total. The number of likely N-dealkylation sites (tertiary alicyclic amines) is 1. The number of amides is 1. The number of aromatic nitrogens is 2. The molecule has 1 aliphatic carbocycles. The number of methoxy groups -OCH3 is 1. The number of ether oxygens (including phenoxy) is 1. The second kappa shape index (κ2) is 8.97. The first-order chi connectivity index (χ1) is 17.1. The fourth-order valence-corrected chi connectivity index (χ4v) is 4.71. The highest BCUT2D eigenvalue weighted by Crippen LogP contribution is 2.41. The number of hydrogen-bond acceptors (Lipinski definition) is 6. The van der Waals surface area contributed by atoms with E-state index in [2.05, 4.69) is 20.6 Å². The standard InChI is InChI=1S/C23H17Cl2F4N5O2/c1-36-17-6-15-12(21(31-9-30-15)33-14-3-2-13(24)18(25)19(14)26)5-16(17)32-20-10-4-11(20)8-34(7-10)22(35)23(27,28)29/h2-6,9-10,20,32H,7-8H2,1H3,(H,30,31,33)/t10-,20-/m1/s1. The van der Waals surface area contributed by atoms with Crippen LogP contribution in [0.4, 0.5) is 34.8 Å². The Labute approximate surface area is 212 Å². The molecule has 0 fully saturated rings. The van der Waals surface area contributed by atoms with Gasteiger partial charge in [-0.05, 0) is 23.8 Å². The molecule has 2 atom stereocenters. The number of nitrogens with one attached hydrogen (secondary N) is 2. The lowest BCUT2D eigenvalue weighted by Gasteiger charge is -2.47. The van der Waals surface area contributed by atoms with E-state index in [1.165, 1.54) is 25.6 Å². The van der Waals surface area contributed by atoms with E-state index >= 15 is 0 Å². The summed E-state index contributed by atoms with van der Waals surface area (Å²) in [6.07, 6.45) is -1.75. The Morgan fingerprint density at radius 2 is 1.97 bits per heavy atom. The van der Waals surface area contributed by atoms with Crippen LogP contribution in [0.15, 0.2) is 42.2 Å². The molecule has 5 rings (SSSR count). The minimum atomic E-state index is -4.91. The van der Waals surface area contributed by atoms with Gasteiger partial charge in [0.15, 0.2) is 5.82 Å². The first-order valence-electron chi connectivity index (χ1n) is 10.6. The van der Waals surface area contributed by atoms with Gasteiger partial charge in [-0.25, -0.2) is 14.4 Å². The van der Waals surface area contributed by atoms with Crippen molar-refractivity contribution < 1.29 is 27.1 Å². The monoisotopic (exact) mass is 541 g/mol. The number of rotatable bonds is 5. The van der Waals surface area contributed by atoms with Crippen LogP contribution < -0.4 is 15.4 Å². The predicted molar refractivity (Wildman–Crippen MR) is 127 cm³/mol. The molecule has 1 aromatic heterocycles. The van der Waals surface area contributed by atoms with Crippen molar-refractivity contribution in [2.75, 3.05) is 30.8 Å². The zero-order valence-corrected chi connectivity index (χ0v) is 20.0. The molecule has 0 saturated heterocycles. The minimum absolute atomic E-state index is 0.0536. The molecule has 0 radical (unpaired) electrons. The molecule has 188 valence electrons. The number of piperidine rings is 1. The molecule has 1 aliphatic heterocycles. The van der Waals surface area contributed by atoms with Gasteiger partial charge >= 0.3 is 12.1 Å². The number of carbonyl (C=O) groups excluding carboxylic acids is 1. The highest BCUT2D eigenvalue weighted by atomic mass is 35.5. The Balaban J connectivity index is 1.43. The smallest absolute Gasteiger partial charge is 0.471 e. The van der Waals surface area contributed by atoms with Crippen molar-refractivity contribution in [3.63, 3.8) is 0 Å². The summed E-state index contributed by atoms with van der Waals surface area (Å²) in [6, 6.07) is 5.97. The number of anilines is 3. The maximum Gasteiger partial charge on any atom is 0.471 e. The third-order valence-corrected chi connectivity index (χ3v) is 6.93. The fraction of sp³-hybridized carbons (Fsp3) is 0.261. The highest BCUT2D eigenvalue weighted by Gasteiger charge is 2.48. The number of fused-ring (bicyclic) bond motifs is 2. The van der Waals surface area contributed by atoms with Gasteiger partial charge in [0.1, 0.15) is 17.9 Å². The molecular formula is C23H17Cl2F4N5O2. The third-order valence-electron chi connectivity index (χ3n) is 6.15. The van der Waals surface area contributed by atoms with E-state index < -0.39 is 17.9 Å². The van der Waals surface area contributed by atoms with Crippen LogP contribution in [0.2, 0.25) is 10.0 Å². The van der Waals surface area contributed by atoms with Crippen LogP contribution in [-0.4, -0.2) is 53.2 Å². The Bertz CT molecular complexity index is 1420. The number of nitrogens with zero attached hydrogens (tertiary/aromatic N) is 3. The maximum absolute atomic E-state index is 14.6. The van der Waals surface area contributed by atoms with E-state index in [0.717, 1.165) is 4.90 Å². The van der Waals surface area contributed by atoms with Crippen LogP contribution in [0.5, 0.6) is 5.75 Å². The van der Waals surface area contributed by atoms with Gasteiger partial charge in [-0.15, -0.1) is 0 Å². The Kier molecular flexibility index (Phi) is 6.08. The summed E-state index contributed by atoms with van der Waals surface area (Å²) in [5.74, 6) is -2.15. The molecule has 1 amide bonds. The minimum Gasteiger partial charge on any atom is -0.495 e. The lowest BCUT2D eigenvalue weighted by atomic mass is 9.76. The van der Waals surface area contributed by atoms with Gasteiger partial charge < -0.3 is 20.3 Å². The van der Waals surface area contributed by atoms with Crippen LogP contribution in [0.25, 0.3) is 10.9 Å². The summed E-state index contributed by atoms with van der Waals surface area (Å²) in [5.41, 5.74) is 1.77. The molecule has 13 heteroatoms. The van der Waals surface area contributed by atoms with Gasteiger partial charge in [0.05, 0.1) is 40.1 Å². The summed E-state index contributed by atoms with van der Waals surface area (Å²) in [6.45, 7) is -0.170. The lowest BCUT2D eigenvalue weighted by molar-refractivity contribution is -0.186. The number of carbonyl (C=O) groups is 1. The van der Waals surface area contributed by atoms with Gasteiger partial charge in [0.25, 0.3) is 0 Å². The average molecular weight is 542 g/mol. The van der Waals surface area contributed by atoms with Crippen molar-refractivity contribution in [3.05, 3.63) is 58.1 Å². The zero-order chi connectivity index (χ0) is 25.8. The summed E-state index contributed by atoms with van der Waals surface area (Å²) in [5, 5.41) is 6.57. The number of benzene rings is 2. The van der Waals surface area contributed by atoms with E-state index in [9.17, 15) is 22.4 Å². The lowest BCUT2D eigenvalue weighted by Crippen LogP contribution is -2.57. The van der Waals surface area contributed by atoms with Gasteiger partial charge in [0.2, 0.25) is 0 Å². The second-order valence-corrected chi connectivity index (χ2v) is 9.14. The Hall–Kier alpha value is -3.31. The molecule has 2 bridgehead atoms. The van der Waals surface area contributed by atoms with Crippen LogP contribution in [0.1, 0.15) is 0 Å². The molecule has 3 aromatic rings. The summed E-state index contributed by atoms with van der Waals surface area (Å²) < 4.78 is 58.6. The molecule has 2 N–H and O–H groups in total. The maximum atomic E-state index is 14.6. The molecule has 0 saturated carbocycles. The Morgan fingerprint density at radius 3 is 2.64 bits per heavy atom. The molecule has 2 heterocycles. The van der Waals surface area contributed by atoms with Crippen LogP contribution in [0, 0.1) is 11.7 Å². The number of alkyl halides is 3. The second-order valence-electron chi connectivity index (χ2n) is 8.35. The number of hydrogen-bond donors (Lipinski definition) is 2. The number of halogens is 6. The molecule has 2 aliphatic rings. The van der Waals surface area contributed by atoms with E-state index in [1.54, 1.807) is 12.1 Å². The quantitative estimate of drug-likeness (QED) is 0.250. The van der Waals surface area contributed by atoms with E-state index in [0.29, 0.717) is 27.9 Å². The van der Waals surface area contributed by atoms with Crippen LogP contribution in [0.3, 0.4) is 0 Å². The summed E-state index contributed by atoms with van der Waals surface area (Å²) in [7, 11) is 1.47.